The lowest BCUT2D eigenvalue weighted by atomic mass is 10.1. The van der Waals surface area contributed by atoms with Crippen molar-refractivity contribution in [3.63, 3.8) is 0 Å². The third kappa shape index (κ3) is 4.41. The van der Waals surface area contributed by atoms with Crippen LogP contribution in [0.25, 0.3) is 39.2 Å². The number of benzene rings is 3. The third-order valence-corrected chi connectivity index (χ3v) is 7.51. The summed E-state index contributed by atoms with van der Waals surface area (Å²) in [5.74, 6) is 1.41. The van der Waals surface area contributed by atoms with Crippen LogP contribution in [0.4, 0.5) is 5.69 Å². The topological polar surface area (TPSA) is 95.0 Å². The van der Waals surface area contributed by atoms with E-state index in [2.05, 4.69) is 14.8 Å². The number of hydrogen-bond donors (Lipinski definition) is 1. The Hall–Kier alpha value is -4.63. The molecule has 37 heavy (non-hydrogen) atoms. The van der Waals surface area contributed by atoms with Gasteiger partial charge < -0.3 is 4.42 Å². The molecule has 0 saturated heterocycles. The number of nitrogens with zero attached hydrogens (tertiary/aromatic N) is 4. The zero-order valence-corrected chi connectivity index (χ0v) is 21.0. The Kier molecular flexibility index (Phi) is 5.42. The van der Waals surface area contributed by atoms with Gasteiger partial charge in [-0.2, -0.15) is 5.10 Å². The largest absolute Gasteiger partial charge is 0.461 e. The van der Waals surface area contributed by atoms with Gasteiger partial charge in [0.2, 0.25) is 0 Å². The molecule has 6 aromatic rings. The minimum absolute atomic E-state index is 0.187. The van der Waals surface area contributed by atoms with Crippen LogP contribution < -0.4 is 4.72 Å². The fourth-order valence-electron chi connectivity index (χ4n) is 4.32. The van der Waals surface area contributed by atoms with Crippen LogP contribution in [-0.4, -0.2) is 27.7 Å². The fraction of sp³-hybridized carbons (Fsp3) is 0.0714. The van der Waals surface area contributed by atoms with Gasteiger partial charge in [-0.3, -0.25) is 14.0 Å². The van der Waals surface area contributed by atoms with Crippen LogP contribution in [0.2, 0.25) is 0 Å². The maximum atomic E-state index is 13.1. The number of furan rings is 1. The summed E-state index contributed by atoms with van der Waals surface area (Å²) in [5, 5.41) is 4.25. The summed E-state index contributed by atoms with van der Waals surface area (Å²) in [6.45, 7) is 1.87. The Morgan fingerprint density at radius 1 is 0.892 bits per heavy atom. The molecule has 0 fully saturated rings. The number of aryl methyl sites for hydroxylation is 2. The van der Waals surface area contributed by atoms with E-state index in [-0.39, 0.29) is 4.90 Å². The normalized spacial score (nSPS) is 11.7. The smallest absolute Gasteiger partial charge is 0.261 e. The molecule has 3 heterocycles. The fourth-order valence-corrected chi connectivity index (χ4v) is 5.38. The van der Waals surface area contributed by atoms with Gasteiger partial charge in [-0.25, -0.2) is 13.4 Å². The van der Waals surface area contributed by atoms with Gasteiger partial charge in [-0.1, -0.05) is 24.3 Å². The van der Waals surface area contributed by atoms with Gasteiger partial charge in [0.05, 0.1) is 27.8 Å². The van der Waals surface area contributed by atoms with Crippen molar-refractivity contribution < 1.29 is 12.8 Å². The van der Waals surface area contributed by atoms with Crippen LogP contribution in [0.3, 0.4) is 0 Å². The Labute approximate surface area is 213 Å². The van der Waals surface area contributed by atoms with E-state index < -0.39 is 10.0 Å². The summed E-state index contributed by atoms with van der Waals surface area (Å²) in [7, 11) is -1.90. The van der Waals surface area contributed by atoms with Crippen molar-refractivity contribution in [3.8, 4) is 28.1 Å². The molecular formula is C28H23N5O3S. The molecule has 0 bridgehead atoms. The first-order valence-electron chi connectivity index (χ1n) is 11.6. The number of aromatic nitrogens is 4. The highest BCUT2D eigenvalue weighted by atomic mass is 32.2. The van der Waals surface area contributed by atoms with Crippen molar-refractivity contribution in [2.45, 2.75) is 11.8 Å². The van der Waals surface area contributed by atoms with Crippen LogP contribution in [0.15, 0.2) is 107 Å². The lowest BCUT2D eigenvalue weighted by Gasteiger charge is -2.13. The van der Waals surface area contributed by atoms with E-state index in [4.69, 9.17) is 4.42 Å². The molecule has 0 radical (unpaired) electrons. The Morgan fingerprint density at radius 2 is 1.73 bits per heavy atom. The van der Waals surface area contributed by atoms with Crippen molar-refractivity contribution >= 4 is 26.7 Å². The zero-order valence-electron chi connectivity index (χ0n) is 20.2. The predicted molar refractivity (Wildman–Crippen MR) is 143 cm³/mol. The Morgan fingerprint density at radius 3 is 2.46 bits per heavy atom. The summed E-state index contributed by atoms with van der Waals surface area (Å²) in [6.07, 6.45) is 5.51. The standard InChI is InChI=1S/C28H23N5O3S/c1-19-8-11-28(36-19)21-12-23(31-37(34,35)25-6-4-3-5-7-25)15-24(13-21)33-18-29-26-14-20(9-10-27(26)33)22-16-30-32(2)17-22/h3-18,31H,1-2H3. The van der Waals surface area contributed by atoms with Gasteiger partial charge in [-0.15, -0.1) is 0 Å². The minimum atomic E-state index is -3.78. The molecule has 3 aromatic carbocycles. The number of hydrogen-bond acceptors (Lipinski definition) is 5. The number of fused-ring (bicyclic) bond motifs is 1. The number of rotatable bonds is 6. The van der Waals surface area contributed by atoms with E-state index in [9.17, 15) is 8.42 Å². The highest BCUT2D eigenvalue weighted by Gasteiger charge is 2.17. The van der Waals surface area contributed by atoms with Gasteiger partial charge in [0.1, 0.15) is 17.8 Å². The lowest BCUT2D eigenvalue weighted by molar-refractivity contribution is 0.548. The SMILES string of the molecule is Cc1ccc(-c2cc(NS(=O)(=O)c3ccccc3)cc(-n3cnc4cc(-c5cnn(C)c5)ccc43)c2)o1. The first kappa shape index (κ1) is 22.8. The molecule has 0 aliphatic carbocycles. The molecule has 8 nitrogen and oxygen atoms in total. The lowest BCUT2D eigenvalue weighted by Crippen LogP contribution is -2.13. The van der Waals surface area contributed by atoms with E-state index in [1.54, 1.807) is 53.5 Å². The van der Waals surface area contributed by atoms with Crippen LogP contribution in [-0.2, 0) is 17.1 Å². The average Bonchev–Trinajstić information content (AvgIpc) is 3.63. The second kappa shape index (κ2) is 8.79. The van der Waals surface area contributed by atoms with Gasteiger partial charge >= 0.3 is 0 Å². The van der Waals surface area contributed by atoms with Crippen molar-refractivity contribution in [1.29, 1.82) is 0 Å². The molecule has 184 valence electrons. The van der Waals surface area contributed by atoms with Gasteiger partial charge in [0.15, 0.2) is 0 Å². The molecule has 9 heteroatoms. The van der Waals surface area contributed by atoms with Gasteiger partial charge in [0, 0.05) is 30.1 Å². The maximum Gasteiger partial charge on any atom is 0.261 e. The third-order valence-electron chi connectivity index (χ3n) is 6.11. The van der Waals surface area contributed by atoms with Crippen molar-refractivity contribution in [2.75, 3.05) is 4.72 Å². The molecule has 0 atom stereocenters. The van der Waals surface area contributed by atoms with E-state index in [1.165, 1.54) is 0 Å². The second-order valence-corrected chi connectivity index (χ2v) is 10.5. The number of nitrogens with one attached hydrogen (secondary N) is 1. The first-order chi connectivity index (χ1) is 17.9. The summed E-state index contributed by atoms with van der Waals surface area (Å²) >= 11 is 0. The predicted octanol–water partition coefficient (Wildman–Crippen LogP) is 5.80. The molecule has 0 aliphatic heterocycles. The second-order valence-electron chi connectivity index (χ2n) is 8.82. The summed E-state index contributed by atoms with van der Waals surface area (Å²) in [4.78, 5) is 4.81. The van der Waals surface area contributed by atoms with E-state index in [0.717, 1.165) is 39.2 Å². The van der Waals surface area contributed by atoms with Gasteiger partial charge in [0.25, 0.3) is 10.0 Å². The Bertz CT molecular complexity index is 1850. The van der Waals surface area contributed by atoms with E-state index in [0.29, 0.717) is 11.4 Å². The molecule has 6 rings (SSSR count). The number of imidazole rings is 1. The molecule has 0 unspecified atom stereocenters. The molecule has 0 saturated carbocycles. The molecule has 0 amide bonds. The molecule has 0 spiro atoms. The monoisotopic (exact) mass is 509 g/mol. The summed E-state index contributed by atoms with van der Waals surface area (Å²) in [6, 6.07) is 23.6. The van der Waals surface area contributed by atoms with Gasteiger partial charge in [-0.05, 0) is 67.1 Å². The van der Waals surface area contributed by atoms with Crippen molar-refractivity contribution in [2.24, 2.45) is 7.05 Å². The van der Waals surface area contributed by atoms with Crippen molar-refractivity contribution in [3.05, 3.63) is 103 Å². The van der Waals surface area contributed by atoms with Crippen LogP contribution >= 0.6 is 0 Å². The first-order valence-corrected chi connectivity index (χ1v) is 13.1. The number of sulfonamides is 1. The maximum absolute atomic E-state index is 13.1. The Balaban J connectivity index is 1.45. The quantitative estimate of drug-likeness (QED) is 0.306. The molecule has 1 N–H and O–H groups in total. The minimum Gasteiger partial charge on any atom is -0.461 e. The van der Waals surface area contributed by atoms with Crippen molar-refractivity contribution in [1.82, 2.24) is 19.3 Å². The highest BCUT2D eigenvalue weighted by Crippen LogP contribution is 2.32. The van der Waals surface area contributed by atoms with Crippen LogP contribution in [0.1, 0.15) is 5.76 Å². The number of anilines is 1. The summed E-state index contributed by atoms with van der Waals surface area (Å²) < 4.78 is 38.4. The van der Waals surface area contributed by atoms with Crippen LogP contribution in [0.5, 0.6) is 0 Å². The molecule has 3 aromatic heterocycles. The van der Waals surface area contributed by atoms with E-state index in [1.807, 2.05) is 67.3 Å². The molecule has 0 aliphatic rings. The summed E-state index contributed by atoms with van der Waals surface area (Å²) in [5.41, 5.74) is 5.62. The highest BCUT2D eigenvalue weighted by molar-refractivity contribution is 7.92. The zero-order chi connectivity index (χ0) is 25.6. The van der Waals surface area contributed by atoms with E-state index >= 15 is 0 Å². The average molecular weight is 510 g/mol. The van der Waals surface area contributed by atoms with Crippen LogP contribution in [0, 0.1) is 6.92 Å². The molecular weight excluding hydrogens is 486 g/mol.